The van der Waals surface area contributed by atoms with Crippen LogP contribution >= 0.6 is 0 Å². The second-order valence-electron chi connectivity index (χ2n) is 4.55. The quantitative estimate of drug-likeness (QED) is 0.651. The summed E-state index contributed by atoms with van der Waals surface area (Å²) < 4.78 is 0. The fourth-order valence-corrected chi connectivity index (χ4v) is 2.54. The van der Waals surface area contributed by atoms with Gasteiger partial charge < -0.3 is 15.1 Å². The van der Waals surface area contributed by atoms with Gasteiger partial charge in [-0.25, -0.2) is 4.79 Å². The number of rotatable bonds is 1. The molecule has 3 rings (SSSR count). The summed E-state index contributed by atoms with van der Waals surface area (Å²) in [6, 6.07) is 1.34. The molecule has 0 radical (unpaired) electrons. The van der Waals surface area contributed by atoms with Gasteiger partial charge in [0.2, 0.25) is 0 Å². The number of fused-ring (bicyclic) bond motifs is 1. The van der Waals surface area contributed by atoms with E-state index in [1.165, 1.54) is 12.8 Å². The van der Waals surface area contributed by atoms with E-state index in [0.717, 1.165) is 32.6 Å². The van der Waals surface area contributed by atoms with E-state index in [0.29, 0.717) is 18.1 Å². The molecule has 0 spiro atoms. The van der Waals surface area contributed by atoms with Gasteiger partial charge in [-0.2, -0.15) is 0 Å². The third kappa shape index (κ3) is 1.29. The van der Waals surface area contributed by atoms with Crippen molar-refractivity contribution in [1.29, 1.82) is 0 Å². The first-order valence-corrected chi connectivity index (χ1v) is 5.64. The fourth-order valence-electron chi connectivity index (χ4n) is 2.54. The fraction of sp³-hybridized carbons (Fsp3) is 0.900. The second-order valence-corrected chi connectivity index (χ2v) is 4.55. The summed E-state index contributed by atoms with van der Waals surface area (Å²) in [5, 5.41) is 3.35. The molecule has 1 saturated carbocycles. The highest BCUT2D eigenvalue weighted by Gasteiger charge is 2.40. The van der Waals surface area contributed by atoms with Crippen molar-refractivity contribution >= 4 is 6.03 Å². The third-order valence-electron chi connectivity index (χ3n) is 3.53. The molecule has 1 N–H and O–H groups in total. The molecule has 2 aliphatic heterocycles. The van der Waals surface area contributed by atoms with Crippen LogP contribution in [0.1, 0.15) is 19.3 Å². The number of piperazine rings is 1. The maximum Gasteiger partial charge on any atom is 0.320 e. The molecule has 1 atom stereocenters. The number of carbonyl (C=O) groups excluding carboxylic acids is 1. The lowest BCUT2D eigenvalue weighted by molar-refractivity contribution is 0.0830. The van der Waals surface area contributed by atoms with E-state index in [-0.39, 0.29) is 0 Å². The lowest BCUT2D eigenvalue weighted by Gasteiger charge is -2.44. The molecular formula is C10H17N3O. The summed E-state index contributed by atoms with van der Waals surface area (Å²) in [7, 11) is 0. The molecule has 4 nitrogen and oxygen atoms in total. The minimum absolute atomic E-state index is 0.297. The molecule has 1 aliphatic carbocycles. The van der Waals surface area contributed by atoms with E-state index < -0.39 is 0 Å². The molecule has 2 heterocycles. The first kappa shape index (κ1) is 8.53. The van der Waals surface area contributed by atoms with Crippen LogP contribution in [0, 0.1) is 0 Å². The Labute approximate surface area is 84.2 Å². The van der Waals surface area contributed by atoms with E-state index in [4.69, 9.17) is 0 Å². The van der Waals surface area contributed by atoms with E-state index in [1.54, 1.807) is 0 Å². The number of hydrogen-bond donors (Lipinski definition) is 1. The standard InChI is InChI=1S/C10H17N3O/c14-10-12(8-1-2-8)5-3-9-7-11-4-6-13(9)10/h8-9,11H,1-7H2. The van der Waals surface area contributed by atoms with Crippen molar-refractivity contribution in [2.45, 2.75) is 31.3 Å². The SMILES string of the molecule is O=C1N(C2CC2)CCC2CNCCN12. The summed E-state index contributed by atoms with van der Waals surface area (Å²) in [6.45, 7) is 3.82. The zero-order chi connectivity index (χ0) is 9.54. The van der Waals surface area contributed by atoms with Gasteiger partial charge in [-0.05, 0) is 19.3 Å². The minimum Gasteiger partial charge on any atom is -0.322 e. The number of urea groups is 1. The first-order valence-electron chi connectivity index (χ1n) is 5.64. The lowest BCUT2D eigenvalue weighted by atomic mass is 10.1. The van der Waals surface area contributed by atoms with Crippen LogP contribution in [0.3, 0.4) is 0 Å². The van der Waals surface area contributed by atoms with Gasteiger partial charge in [0.15, 0.2) is 0 Å². The number of amides is 2. The van der Waals surface area contributed by atoms with Crippen LogP contribution in [0.15, 0.2) is 0 Å². The average Bonchev–Trinajstić information content (AvgIpc) is 3.03. The largest absolute Gasteiger partial charge is 0.322 e. The maximum atomic E-state index is 12.1. The first-order chi connectivity index (χ1) is 6.86. The van der Waals surface area contributed by atoms with Crippen LogP contribution in [-0.4, -0.2) is 54.1 Å². The van der Waals surface area contributed by atoms with Gasteiger partial charge in [0, 0.05) is 38.3 Å². The summed E-state index contributed by atoms with van der Waals surface area (Å²) >= 11 is 0. The number of carbonyl (C=O) groups is 1. The van der Waals surface area contributed by atoms with Gasteiger partial charge in [-0.1, -0.05) is 0 Å². The molecule has 2 amide bonds. The average molecular weight is 195 g/mol. The van der Waals surface area contributed by atoms with Crippen LogP contribution in [-0.2, 0) is 0 Å². The van der Waals surface area contributed by atoms with Crippen molar-refractivity contribution in [1.82, 2.24) is 15.1 Å². The molecule has 3 aliphatic rings. The van der Waals surface area contributed by atoms with Crippen molar-refractivity contribution in [3.05, 3.63) is 0 Å². The van der Waals surface area contributed by atoms with Gasteiger partial charge >= 0.3 is 6.03 Å². The van der Waals surface area contributed by atoms with Crippen molar-refractivity contribution in [3.8, 4) is 0 Å². The van der Waals surface area contributed by atoms with E-state index in [9.17, 15) is 4.79 Å². The van der Waals surface area contributed by atoms with Crippen LogP contribution < -0.4 is 5.32 Å². The normalized spacial score (nSPS) is 33.1. The molecule has 1 unspecified atom stereocenters. The summed E-state index contributed by atoms with van der Waals surface area (Å²) in [5.41, 5.74) is 0. The van der Waals surface area contributed by atoms with Crippen LogP contribution in [0.5, 0.6) is 0 Å². The van der Waals surface area contributed by atoms with E-state index in [1.807, 2.05) is 0 Å². The number of nitrogens with one attached hydrogen (secondary N) is 1. The molecule has 0 aromatic rings. The second kappa shape index (κ2) is 3.12. The Kier molecular flexibility index (Phi) is 1.90. The number of nitrogens with zero attached hydrogens (tertiary/aromatic N) is 2. The maximum absolute atomic E-state index is 12.1. The highest BCUT2D eigenvalue weighted by atomic mass is 16.2. The van der Waals surface area contributed by atoms with Crippen molar-refractivity contribution < 1.29 is 4.79 Å². The Bertz CT molecular complexity index is 252. The van der Waals surface area contributed by atoms with Gasteiger partial charge in [0.1, 0.15) is 0 Å². The Morgan fingerprint density at radius 2 is 1.86 bits per heavy atom. The van der Waals surface area contributed by atoms with Crippen LogP contribution in [0.25, 0.3) is 0 Å². The van der Waals surface area contributed by atoms with E-state index >= 15 is 0 Å². The molecule has 78 valence electrons. The van der Waals surface area contributed by atoms with Crippen molar-refractivity contribution in [2.24, 2.45) is 0 Å². The zero-order valence-corrected chi connectivity index (χ0v) is 8.41. The zero-order valence-electron chi connectivity index (χ0n) is 8.41. The van der Waals surface area contributed by atoms with Crippen molar-refractivity contribution in [2.75, 3.05) is 26.2 Å². The van der Waals surface area contributed by atoms with Gasteiger partial charge in [0.05, 0.1) is 0 Å². The van der Waals surface area contributed by atoms with Gasteiger partial charge in [-0.3, -0.25) is 0 Å². The predicted octanol–water partition coefficient (Wildman–Crippen LogP) is 0.248. The monoisotopic (exact) mass is 195 g/mol. The molecule has 0 aromatic heterocycles. The smallest absolute Gasteiger partial charge is 0.320 e. The molecule has 0 bridgehead atoms. The molecule has 3 fully saturated rings. The molecule has 4 heteroatoms. The molecule has 0 aromatic carbocycles. The highest BCUT2D eigenvalue weighted by Crippen LogP contribution is 2.31. The predicted molar refractivity (Wildman–Crippen MR) is 53.1 cm³/mol. The highest BCUT2D eigenvalue weighted by molar-refractivity contribution is 5.76. The van der Waals surface area contributed by atoms with Crippen molar-refractivity contribution in [3.63, 3.8) is 0 Å². The molecule has 2 saturated heterocycles. The Balaban J connectivity index is 1.73. The molecular weight excluding hydrogens is 178 g/mol. The summed E-state index contributed by atoms with van der Waals surface area (Å²) in [4.78, 5) is 16.2. The summed E-state index contributed by atoms with van der Waals surface area (Å²) in [5.74, 6) is 0. The molecule has 14 heavy (non-hydrogen) atoms. The van der Waals surface area contributed by atoms with Crippen LogP contribution in [0.2, 0.25) is 0 Å². The Morgan fingerprint density at radius 3 is 2.64 bits per heavy atom. The third-order valence-corrected chi connectivity index (χ3v) is 3.53. The Morgan fingerprint density at radius 1 is 1.07 bits per heavy atom. The lowest BCUT2D eigenvalue weighted by Crippen LogP contribution is -2.61. The number of hydrogen-bond acceptors (Lipinski definition) is 2. The minimum atomic E-state index is 0.297. The van der Waals surface area contributed by atoms with Crippen LogP contribution in [0.4, 0.5) is 4.79 Å². The topological polar surface area (TPSA) is 35.6 Å². The summed E-state index contributed by atoms with van der Waals surface area (Å²) in [6.07, 6.45) is 3.60. The van der Waals surface area contributed by atoms with E-state index in [2.05, 4.69) is 15.1 Å². The van der Waals surface area contributed by atoms with Gasteiger partial charge in [0.25, 0.3) is 0 Å². The van der Waals surface area contributed by atoms with Gasteiger partial charge in [-0.15, -0.1) is 0 Å². The Hall–Kier alpha value is -0.770.